The molecule has 0 spiro atoms. The average molecular weight is 241 g/mol. The average Bonchev–Trinajstić information content (AvgIpc) is 2.29. The highest BCUT2D eigenvalue weighted by Crippen LogP contribution is 2.44. The second-order valence-electron chi connectivity index (χ2n) is 6.72. The van der Waals surface area contributed by atoms with E-state index in [4.69, 9.17) is 10.5 Å². The number of ether oxygens (including phenoxy) is 1. The topological polar surface area (TPSA) is 35.2 Å². The van der Waals surface area contributed by atoms with Crippen molar-refractivity contribution >= 4 is 0 Å². The van der Waals surface area contributed by atoms with Gasteiger partial charge in [0.05, 0.1) is 5.60 Å². The van der Waals surface area contributed by atoms with Crippen molar-refractivity contribution in [1.29, 1.82) is 0 Å². The van der Waals surface area contributed by atoms with Crippen LogP contribution in [0.15, 0.2) is 0 Å². The Morgan fingerprint density at radius 2 is 1.71 bits per heavy atom. The van der Waals surface area contributed by atoms with Crippen LogP contribution in [0, 0.1) is 11.3 Å². The summed E-state index contributed by atoms with van der Waals surface area (Å²) < 4.78 is 5.88. The van der Waals surface area contributed by atoms with Gasteiger partial charge in [-0.25, -0.2) is 0 Å². The van der Waals surface area contributed by atoms with E-state index in [-0.39, 0.29) is 11.6 Å². The quantitative estimate of drug-likeness (QED) is 0.796. The Kier molecular flexibility index (Phi) is 5.03. The van der Waals surface area contributed by atoms with Crippen molar-refractivity contribution in [2.24, 2.45) is 17.1 Å². The third-order valence-electron chi connectivity index (χ3n) is 4.82. The molecule has 0 amide bonds. The summed E-state index contributed by atoms with van der Waals surface area (Å²) in [7, 11) is 1.84. The Labute approximate surface area is 107 Å². The first-order chi connectivity index (χ1) is 7.87. The molecule has 102 valence electrons. The largest absolute Gasteiger partial charge is 0.377 e. The number of nitrogens with two attached hydrogens (primary N) is 1. The van der Waals surface area contributed by atoms with Crippen LogP contribution < -0.4 is 5.73 Å². The highest BCUT2D eigenvalue weighted by atomic mass is 16.5. The van der Waals surface area contributed by atoms with Crippen LogP contribution >= 0.6 is 0 Å². The monoisotopic (exact) mass is 241 g/mol. The molecular weight excluding hydrogens is 210 g/mol. The van der Waals surface area contributed by atoms with E-state index in [9.17, 15) is 0 Å². The predicted octanol–water partition coefficient (Wildman–Crippen LogP) is 3.74. The van der Waals surface area contributed by atoms with Crippen molar-refractivity contribution < 1.29 is 4.74 Å². The third kappa shape index (κ3) is 3.45. The molecule has 1 aliphatic carbocycles. The van der Waals surface area contributed by atoms with Crippen LogP contribution in [0.5, 0.6) is 0 Å². The number of hydrogen-bond acceptors (Lipinski definition) is 2. The highest BCUT2D eigenvalue weighted by molar-refractivity contribution is 4.99. The van der Waals surface area contributed by atoms with Crippen molar-refractivity contribution in [3.63, 3.8) is 0 Å². The van der Waals surface area contributed by atoms with Crippen molar-refractivity contribution in [1.82, 2.24) is 0 Å². The summed E-state index contributed by atoms with van der Waals surface area (Å²) in [6.45, 7) is 9.21. The van der Waals surface area contributed by atoms with Gasteiger partial charge in [0, 0.05) is 13.2 Å². The Morgan fingerprint density at radius 1 is 1.18 bits per heavy atom. The van der Waals surface area contributed by atoms with E-state index in [1.165, 1.54) is 25.7 Å². The first-order valence-electron chi connectivity index (χ1n) is 7.17. The zero-order valence-corrected chi connectivity index (χ0v) is 12.4. The van der Waals surface area contributed by atoms with Gasteiger partial charge in [0.2, 0.25) is 0 Å². The van der Waals surface area contributed by atoms with E-state index < -0.39 is 0 Å². The summed E-state index contributed by atoms with van der Waals surface area (Å²) >= 11 is 0. The van der Waals surface area contributed by atoms with E-state index in [0.29, 0.717) is 11.3 Å². The molecule has 17 heavy (non-hydrogen) atoms. The maximum atomic E-state index is 6.49. The Morgan fingerprint density at radius 3 is 2.12 bits per heavy atom. The van der Waals surface area contributed by atoms with Gasteiger partial charge in [-0.05, 0) is 43.4 Å². The molecule has 0 aromatic carbocycles. The fraction of sp³-hybridized carbons (Fsp3) is 1.00. The van der Waals surface area contributed by atoms with Crippen LogP contribution in [0.25, 0.3) is 0 Å². The summed E-state index contributed by atoms with van der Waals surface area (Å²) in [5.41, 5.74) is 6.89. The fourth-order valence-corrected chi connectivity index (χ4v) is 3.18. The molecule has 2 nitrogen and oxygen atoms in total. The summed E-state index contributed by atoms with van der Waals surface area (Å²) in [6, 6.07) is 0.184. The van der Waals surface area contributed by atoms with Gasteiger partial charge in [-0.3, -0.25) is 0 Å². The minimum Gasteiger partial charge on any atom is -0.377 e. The van der Waals surface area contributed by atoms with Gasteiger partial charge in [-0.1, -0.05) is 34.1 Å². The van der Waals surface area contributed by atoms with Crippen LogP contribution in [0.1, 0.15) is 66.2 Å². The van der Waals surface area contributed by atoms with Crippen molar-refractivity contribution in [3.05, 3.63) is 0 Å². The predicted molar refractivity (Wildman–Crippen MR) is 74.0 cm³/mol. The van der Waals surface area contributed by atoms with Gasteiger partial charge in [-0.15, -0.1) is 0 Å². The minimum atomic E-state index is -0.0654. The molecule has 2 N–H and O–H groups in total. The van der Waals surface area contributed by atoms with Gasteiger partial charge < -0.3 is 10.5 Å². The van der Waals surface area contributed by atoms with E-state index in [1.54, 1.807) is 0 Å². The third-order valence-corrected chi connectivity index (χ3v) is 4.82. The summed E-state index contributed by atoms with van der Waals surface area (Å²) in [5.74, 6) is 0.557. The molecule has 0 saturated heterocycles. The molecule has 0 aromatic rings. The number of methoxy groups -OCH3 is 1. The Hall–Kier alpha value is -0.0800. The van der Waals surface area contributed by atoms with Crippen LogP contribution in [0.3, 0.4) is 0 Å². The van der Waals surface area contributed by atoms with E-state index in [0.717, 1.165) is 12.8 Å². The lowest BCUT2D eigenvalue weighted by molar-refractivity contribution is -0.0889. The number of rotatable bonds is 5. The molecule has 1 rings (SSSR count). The van der Waals surface area contributed by atoms with Crippen molar-refractivity contribution in [3.8, 4) is 0 Å². The molecule has 2 atom stereocenters. The molecule has 0 aliphatic heterocycles. The van der Waals surface area contributed by atoms with Crippen molar-refractivity contribution in [2.75, 3.05) is 7.11 Å². The Bertz CT molecular complexity index is 227. The molecule has 2 heteroatoms. The van der Waals surface area contributed by atoms with E-state index in [1.807, 2.05) is 7.11 Å². The first kappa shape index (κ1) is 15.0. The van der Waals surface area contributed by atoms with Crippen LogP contribution in [0.2, 0.25) is 0 Å². The zero-order chi connectivity index (χ0) is 13.1. The van der Waals surface area contributed by atoms with Gasteiger partial charge in [0.25, 0.3) is 0 Å². The molecule has 1 aliphatic rings. The van der Waals surface area contributed by atoms with E-state index >= 15 is 0 Å². The van der Waals surface area contributed by atoms with Crippen molar-refractivity contribution in [2.45, 2.75) is 77.9 Å². The van der Waals surface area contributed by atoms with Crippen LogP contribution in [-0.2, 0) is 4.74 Å². The highest BCUT2D eigenvalue weighted by Gasteiger charge is 2.44. The second kappa shape index (κ2) is 5.71. The lowest BCUT2D eigenvalue weighted by Gasteiger charge is -2.47. The molecule has 0 heterocycles. The van der Waals surface area contributed by atoms with E-state index in [2.05, 4.69) is 27.7 Å². The van der Waals surface area contributed by atoms with Crippen LogP contribution in [-0.4, -0.2) is 18.8 Å². The smallest absolute Gasteiger partial charge is 0.0831 e. The second-order valence-corrected chi connectivity index (χ2v) is 6.72. The number of hydrogen-bond donors (Lipinski definition) is 1. The van der Waals surface area contributed by atoms with Gasteiger partial charge in [-0.2, -0.15) is 0 Å². The lowest BCUT2D eigenvalue weighted by atomic mass is 9.66. The standard InChI is InChI=1S/C15H31NO/c1-6-7-12(2)13(16)15(17-5)10-8-14(3,4)9-11-15/h12-13H,6-11,16H2,1-5H3. The SMILES string of the molecule is CCCC(C)C(N)C1(OC)CCC(C)(C)CC1. The zero-order valence-electron chi connectivity index (χ0n) is 12.4. The van der Waals surface area contributed by atoms with Crippen LogP contribution in [0.4, 0.5) is 0 Å². The molecule has 1 fully saturated rings. The molecule has 2 unspecified atom stereocenters. The Balaban J connectivity index is 2.69. The maximum Gasteiger partial charge on any atom is 0.0831 e. The molecular formula is C15H31NO. The fourth-order valence-electron chi connectivity index (χ4n) is 3.18. The normalized spacial score (nSPS) is 26.5. The first-order valence-corrected chi connectivity index (χ1v) is 7.17. The van der Waals surface area contributed by atoms with Gasteiger partial charge >= 0.3 is 0 Å². The molecule has 0 radical (unpaired) electrons. The lowest BCUT2D eigenvalue weighted by Crippen LogP contribution is -2.55. The molecule has 1 saturated carbocycles. The van der Waals surface area contributed by atoms with Gasteiger partial charge in [0.15, 0.2) is 0 Å². The molecule has 0 bridgehead atoms. The van der Waals surface area contributed by atoms with Gasteiger partial charge in [0.1, 0.15) is 0 Å². The maximum absolute atomic E-state index is 6.49. The summed E-state index contributed by atoms with van der Waals surface area (Å²) in [5, 5.41) is 0. The summed E-state index contributed by atoms with van der Waals surface area (Å²) in [4.78, 5) is 0. The molecule has 0 aromatic heterocycles. The minimum absolute atomic E-state index is 0.0654. The summed E-state index contributed by atoms with van der Waals surface area (Å²) in [6.07, 6.45) is 7.11.